The maximum Gasteiger partial charge on any atom is 0.211 e. The number of carbonyl (C=O) groups is 1. The third-order valence-corrected chi connectivity index (χ3v) is 6.08. The van der Waals surface area contributed by atoms with Crippen molar-refractivity contribution < 1.29 is 18.7 Å². The van der Waals surface area contributed by atoms with E-state index in [2.05, 4.69) is 68.1 Å². The number of halogens is 2. The van der Waals surface area contributed by atoms with E-state index in [9.17, 15) is 13.6 Å². The van der Waals surface area contributed by atoms with Crippen molar-refractivity contribution in [3.8, 4) is 0 Å². The van der Waals surface area contributed by atoms with Crippen molar-refractivity contribution >= 4 is 6.41 Å². The molecule has 5 nitrogen and oxygen atoms in total. The molecule has 278 valence electrons. The first-order chi connectivity index (χ1) is 23.2. The van der Waals surface area contributed by atoms with Gasteiger partial charge in [0.05, 0.1) is 6.61 Å². The highest BCUT2D eigenvalue weighted by Gasteiger charge is 2.09. The number of aromatic nitrogens is 1. The number of unbranched alkanes of at least 4 members (excludes halogenated alkanes) is 1. The lowest BCUT2D eigenvalue weighted by Gasteiger charge is -2.13. The third kappa shape index (κ3) is 34.2. The van der Waals surface area contributed by atoms with Gasteiger partial charge in [-0.1, -0.05) is 118 Å². The second-order valence-corrected chi connectivity index (χ2v) is 9.83. The molecule has 2 aromatic rings. The van der Waals surface area contributed by atoms with E-state index >= 15 is 0 Å². The quantitative estimate of drug-likeness (QED) is 0.0805. The predicted molar refractivity (Wildman–Crippen MR) is 208 cm³/mol. The van der Waals surface area contributed by atoms with Crippen LogP contribution in [0.4, 0.5) is 8.78 Å². The number of nitrogens with zero attached hydrogens (tertiary/aromatic N) is 1. The number of amides is 1. The molecule has 1 aromatic heterocycles. The molecule has 0 atom stereocenters. The Kier molecular flexibility index (Phi) is 52.0. The summed E-state index contributed by atoms with van der Waals surface area (Å²) in [4.78, 5) is 14.7. The van der Waals surface area contributed by atoms with Crippen LogP contribution >= 0.6 is 0 Å². The van der Waals surface area contributed by atoms with E-state index in [4.69, 9.17) is 5.11 Å². The summed E-state index contributed by atoms with van der Waals surface area (Å²) in [6.07, 6.45) is 15.7. The zero-order chi connectivity index (χ0) is 38.0. The molecule has 0 fully saturated rings. The predicted octanol–water partition coefficient (Wildman–Crippen LogP) is 11.7. The van der Waals surface area contributed by atoms with Crippen molar-refractivity contribution in [3.63, 3.8) is 0 Å². The summed E-state index contributed by atoms with van der Waals surface area (Å²) in [7, 11) is 1.98. The number of pyridine rings is 1. The molecule has 3 N–H and O–H groups in total. The van der Waals surface area contributed by atoms with Crippen molar-refractivity contribution in [1.29, 1.82) is 0 Å². The molecule has 7 heteroatoms. The lowest BCUT2D eigenvalue weighted by Crippen LogP contribution is -2.16. The van der Waals surface area contributed by atoms with Gasteiger partial charge in [0.2, 0.25) is 6.41 Å². The maximum atomic E-state index is 11.9. The minimum absolute atomic E-state index is 0.128. The Hall–Kier alpha value is -3.16. The number of nitrogens with one attached hydrogen (secondary N) is 2. The van der Waals surface area contributed by atoms with Gasteiger partial charge < -0.3 is 15.7 Å². The minimum Gasteiger partial charge on any atom is -0.390 e. The molecule has 48 heavy (non-hydrogen) atoms. The fourth-order valence-corrected chi connectivity index (χ4v) is 4.01. The number of allylic oxidation sites excluding steroid dienone is 4. The highest BCUT2D eigenvalue weighted by molar-refractivity contribution is 5.52. The van der Waals surface area contributed by atoms with Crippen molar-refractivity contribution in [2.45, 2.75) is 133 Å². The molecule has 0 radical (unpaired) electrons. The Labute approximate surface area is 295 Å². The van der Waals surface area contributed by atoms with Crippen LogP contribution in [0.3, 0.4) is 0 Å². The smallest absolute Gasteiger partial charge is 0.211 e. The molecule has 1 heterocycles. The molecule has 0 aliphatic rings. The summed E-state index contributed by atoms with van der Waals surface area (Å²) in [6, 6.07) is 11.3. The average Bonchev–Trinajstić information content (AvgIpc) is 3.12. The summed E-state index contributed by atoms with van der Waals surface area (Å²) in [5.74, 6) is -0.920. The molecule has 0 saturated carbocycles. The van der Waals surface area contributed by atoms with Crippen LogP contribution in [0.25, 0.3) is 0 Å². The topological polar surface area (TPSA) is 74.2 Å². The van der Waals surface area contributed by atoms with Crippen LogP contribution in [0, 0.1) is 11.6 Å². The minimum atomic E-state index is -0.799. The van der Waals surface area contributed by atoms with Crippen LogP contribution in [-0.4, -0.2) is 36.7 Å². The number of aliphatic hydroxyl groups is 1. The Bertz CT molecular complexity index is 965. The molecule has 0 unspecified atom stereocenters. The summed E-state index contributed by atoms with van der Waals surface area (Å²) in [6.45, 7) is 27.0. The molecule has 0 aliphatic heterocycles. The van der Waals surface area contributed by atoms with E-state index in [0.29, 0.717) is 18.0 Å². The zero-order valence-corrected chi connectivity index (χ0v) is 32.8. The Balaban J connectivity index is -0.000000166. The number of hydrogen-bond donors (Lipinski definition) is 3. The van der Waals surface area contributed by atoms with Gasteiger partial charge in [-0.2, -0.15) is 0 Å². The Morgan fingerprint density at radius 1 is 0.917 bits per heavy atom. The highest BCUT2D eigenvalue weighted by atomic mass is 19.2. The molecule has 1 amide bonds. The van der Waals surface area contributed by atoms with Crippen LogP contribution in [0.5, 0.6) is 0 Å². The molecular weight excluding hydrogens is 604 g/mol. The van der Waals surface area contributed by atoms with Gasteiger partial charge in [0.1, 0.15) is 0 Å². The fraction of sp³-hybridized carbons (Fsp3) is 0.561. The third-order valence-electron chi connectivity index (χ3n) is 6.08. The number of carbonyl (C=O) groups excluding carboxylic acids is 1. The van der Waals surface area contributed by atoms with Gasteiger partial charge in [0.25, 0.3) is 0 Å². The monoisotopic (exact) mass is 678 g/mol. The number of rotatable bonds is 14. The van der Waals surface area contributed by atoms with E-state index in [1.54, 1.807) is 6.08 Å². The van der Waals surface area contributed by atoms with Gasteiger partial charge in [-0.15, -0.1) is 6.58 Å². The lowest BCUT2D eigenvalue weighted by atomic mass is 9.94. The Morgan fingerprint density at radius 3 is 1.71 bits per heavy atom. The van der Waals surface area contributed by atoms with Crippen molar-refractivity contribution in [3.05, 3.63) is 102 Å². The second kappa shape index (κ2) is 46.0. The van der Waals surface area contributed by atoms with E-state index in [1.807, 2.05) is 67.8 Å². The number of aliphatic hydroxyl groups excluding tert-OH is 1. The maximum absolute atomic E-state index is 11.9. The number of benzene rings is 1. The second-order valence-electron chi connectivity index (χ2n) is 9.83. The van der Waals surface area contributed by atoms with Crippen LogP contribution in [0.2, 0.25) is 0 Å². The van der Waals surface area contributed by atoms with Gasteiger partial charge in [0, 0.05) is 23.5 Å². The van der Waals surface area contributed by atoms with Crippen LogP contribution in [-0.2, 0) is 4.79 Å². The van der Waals surface area contributed by atoms with Crippen molar-refractivity contribution in [2.75, 3.05) is 20.2 Å². The molecular formula is C41H73F2N3O2. The van der Waals surface area contributed by atoms with E-state index < -0.39 is 11.6 Å². The SMILES string of the molecule is C=CC.CC.CC.CCC=C(C)/C(CC)=C(\CO)NC=O.CCCC(CCC)c1ccccn1.CCCCNC.Fc1ccccc1F. The number of hydrogen-bond acceptors (Lipinski definition) is 4. The molecule has 1 aromatic carbocycles. The largest absolute Gasteiger partial charge is 0.390 e. The average molecular weight is 678 g/mol. The van der Waals surface area contributed by atoms with Crippen molar-refractivity contribution in [1.82, 2.24) is 15.6 Å². The van der Waals surface area contributed by atoms with Gasteiger partial charge in [-0.05, 0) is 89.4 Å². The highest BCUT2D eigenvalue weighted by Crippen LogP contribution is 2.24. The first-order valence-corrected chi connectivity index (χ1v) is 18.0. The zero-order valence-electron chi connectivity index (χ0n) is 32.8. The summed E-state index contributed by atoms with van der Waals surface area (Å²) < 4.78 is 23.9. The van der Waals surface area contributed by atoms with Crippen LogP contribution < -0.4 is 10.6 Å². The summed E-state index contributed by atoms with van der Waals surface area (Å²) in [5, 5.41) is 14.7. The molecule has 0 saturated heterocycles. The Morgan fingerprint density at radius 2 is 1.42 bits per heavy atom. The first kappa shape index (κ1) is 54.3. The van der Waals surface area contributed by atoms with E-state index in [1.165, 1.54) is 56.4 Å². The van der Waals surface area contributed by atoms with Gasteiger partial charge >= 0.3 is 0 Å². The molecule has 0 spiro atoms. The van der Waals surface area contributed by atoms with E-state index in [-0.39, 0.29) is 6.61 Å². The summed E-state index contributed by atoms with van der Waals surface area (Å²) >= 11 is 0. The fourth-order valence-electron chi connectivity index (χ4n) is 4.01. The first-order valence-electron chi connectivity index (χ1n) is 18.0. The van der Waals surface area contributed by atoms with Gasteiger partial charge in [-0.3, -0.25) is 9.78 Å². The molecule has 0 aliphatic carbocycles. The van der Waals surface area contributed by atoms with Crippen LogP contribution in [0.15, 0.2) is 84.2 Å². The molecule has 2 rings (SSSR count). The standard InChI is InChI=1S/C12H19N.C11H19NO2.C6H4F2.C5H13N.C3H6.2C2H6/c1-3-7-11(8-4-2)12-9-5-6-10-13-12;1-4-6-9(3)10(5-2)11(7-13)12-8-14;7-5-3-1-2-4-6(5)8;1-3-4-5-6-2;1-3-2;2*1-2/h5-6,9-11H,3-4,7-8H2,1-2H3;6,8,13H,4-5,7H2,1-3H3,(H,12,14);1-4H;6H,3-5H2,1-2H3;3H,1H2,2H3;2*1-2H3/b;9-6?,11-10+;;;;;. The normalized spacial score (nSPS) is 10.0. The van der Waals surface area contributed by atoms with Gasteiger partial charge in [-0.25, -0.2) is 8.78 Å². The van der Waals surface area contributed by atoms with Crippen molar-refractivity contribution in [2.24, 2.45) is 0 Å². The molecule has 0 bridgehead atoms. The van der Waals surface area contributed by atoms with E-state index in [0.717, 1.165) is 42.7 Å². The van der Waals surface area contributed by atoms with Gasteiger partial charge in [0.15, 0.2) is 11.6 Å². The van der Waals surface area contributed by atoms with Crippen LogP contribution in [0.1, 0.15) is 139 Å². The lowest BCUT2D eigenvalue weighted by molar-refractivity contribution is -0.109. The summed E-state index contributed by atoms with van der Waals surface area (Å²) in [5.41, 5.74) is 4.01.